The van der Waals surface area contributed by atoms with E-state index in [1.807, 2.05) is 12.1 Å². The van der Waals surface area contributed by atoms with E-state index >= 15 is 0 Å². The summed E-state index contributed by atoms with van der Waals surface area (Å²) in [5.41, 5.74) is 1.29. The maximum absolute atomic E-state index is 5.41. The predicted molar refractivity (Wildman–Crippen MR) is 75.0 cm³/mol. The molecule has 1 unspecified atom stereocenters. The minimum atomic E-state index is 0.666. The van der Waals surface area contributed by atoms with Gasteiger partial charge in [0.15, 0.2) is 0 Å². The average molecular weight is 248 g/mol. The lowest BCUT2D eigenvalue weighted by molar-refractivity contribution is 0.311. The zero-order valence-electron chi connectivity index (χ0n) is 11.5. The fourth-order valence-electron chi connectivity index (χ4n) is 2.57. The van der Waals surface area contributed by atoms with E-state index in [0.717, 1.165) is 25.4 Å². The second-order valence-corrected chi connectivity index (χ2v) is 4.99. The van der Waals surface area contributed by atoms with Gasteiger partial charge in [0.2, 0.25) is 0 Å². The molecule has 3 heteroatoms. The fourth-order valence-corrected chi connectivity index (χ4v) is 2.57. The number of para-hydroxylation sites is 1. The Hall–Kier alpha value is -1.06. The molecule has 1 fully saturated rings. The van der Waals surface area contributed by atoms with Crippen molar-refractivity contribution in [3.8, 4) is 5.75 Å². The molecule has 18 heavy (non-hydrogen) atoms. The highest BCUT2D eigenvalue weighted by Crippen LogP contribution is 2.21. The molecule has 1 atom stereocenters. The van der Waals surface area contributed by atoms with Crippen molar-refractivity contribution in [3.05, 3.63) is 29.8 Å². The van der Waals surface area contributed by atoms with Gasteiger partial charge in [-0.1, -0.05) is 25.1 Å². The number of hydrogen-bond acceptors (Lipinski definition) is 3. The van der Waals surface area contributed by atoms with E-state index in [2.05, 4.69) is 29.3 Å². The molecule has 100 valence electrons. The maximum atomic E-state index is 5.41. The van der Waals surface area contributed by atoms with Crippen molar-refractivity contribution in [2.45, 2.75) is 32.4 Å². The molecule has 0 amide bonds. The number of hydrogen-bond donors (Lipinski definition) is 1. The Balaban J connectivity index is 1.87. The highest BCUT2D eigenvalue weighted by molar-refractivity contribution is 5.33. The fraction of sp³-hybridized carbons (Fsp3) is 0.600. The molecule has 1 N–H and O–H groups in total. The predicted octanol–water partition coefficient (Wildman–Crippen LogP) is 2.27. The van der Waals surface area contributed by atoms with Gasteiger partial charge in [-0.25, -0.2) is 0 Å². The number of benzene rings is 1. The summed E-state index contributed by atoms with van der Waals surface area (Å²) in [7, 11) is 1.74. The van der Waals surface area contributed by atoms with Crippen LogP contribution >= 0.6 is 0 Å². The molecular formula is C15H24N2O. The molecule has 1 aliphatic heterocycles. The van der Waals surface area contributed by atoms with E-state index in [1.54, 1.807) is 7.11 Å². The van der Waals surface area contributed by atoms with Crippen LogP contribution in [0, 0.1) is 0 Å². The van der Waals surface area contributed by atoms with Crippen molar-refractivity contribution in [2.24, 2.45) is 0 Å². The number of methoxy groups -OCH3 is 1. The number of likely N-dealkylation sites (tertiary alicyclic amines) is 1. The van der Waals surface area contributed by atoms with Crippen molar-refractivity contribution in [3.63, 3.8) is 0 Å². The molecule has 1 aromatic carbocycles. The molecule has 0 bridgehead atoms. The third-order valence-electron chi connectivity index (χ3n) is 3.54. The van der Waals surface area contributed by atoms with Crippen LogP contribution in [-0.4, -0.2) is 37.7 Å². The Morgan fingerprint density at radius 2 is 2.22 bits per heavy atom. The smallest absolute Gasteiger partial charge is 0.123 e. The monoisotopic (exact) mass is 248 g/mol. The topological polar surface area (TPSA) is 24.5 Å². The van der Waals surface area contributed by atoms with Crippen LogP contribution in [0.15, 0.2) is 24.3 Å². The molecule has 0 aromatic heterocycles. The third kappa shape index (κ3) is 3.47. The van der Waals surface area contributed by atoms with Crippen LogP contribution in [0.4, 0.5) is 0 Å². The van der Waals surface area contributed by atoms with Crippen molar-refractivity contribution < 1.29 is 4.74 Å². The first kappa shape index (κ1) is 13.4. The summed E-state index contributed by atoms with van der Waals surface area (Å²) < 4.78 is 5.41. The van der Waals surface area contributed by atoms with Crippen LogP contribution in [0.5, 0.6) is 5.75 Å². The van der Waals surface area contributed by atoms with Gasteiger partial charge < -0.3 is 10.1 Å². The lowest BCUT2D eigenvalue weighted by Gasteiger charge is -2.18. The van der Waals surface area contributed by atoms with Crippen LogP contribution in [-0.2, 0) is 6.54 Å². The molecule has 0 radical (unpaired) electrons. The van der Waals surface area contributed by atoms with Crippen LogP contribution in [0.25, 0.3) is 0 Å². The summed E-state index contributed by atoms with van der Waals surface area (Å²) in [6.07, 6.45) is 2.47. The Morgan fingerprint density at radius 3 is 3.00 bits per heavy atom. The van der Waals surface area contributed by atoms with Gasteiger partial charge >= 0.3 is 0 Å². The zero-order valence-corrected chi connectivity index (χ0v) is 11.5. The second kappa shape index (κ2) is 6.76. The van der Waals surface area contributed by atoms with Gasteiger partial charge in [0, 0.05) is 31.2 Å². The minimum Gasteiger partial charge on any atom is -0.496 e. The highest BCUT2D eigenvalue weighted by atomic mass is 16.5. The van der Waals surface area contributed by atoms with Crippen LogP contribution in [0.2, 0.25) is 0 Å². The summed E-state index contributed by atoms with van der Waals surface area (Å²) in [6.45, 7) is 6.67. The number of nitrogens with one attached hydrogen (secondary N) is 1. The van der Waals surface area contributed by atoms with Crippen LogP contribution in [0.3, 0.4) is 0 Å². The summed E-state index contributed by atoms with van der Waals surface area (Å²) >= 11 is 0. The van der Waals surface area contributed by atoms with Gasteiger partial charge in [0.05, 0.1) is 7.11 Å². The summed E-state index contributed by atoms with van der Waals surface area (Å²) in [5, 5.41) is 3.60. The van der Waals surface area contributed by atoms with E-state index < -0.39 is 0 Å². The lowest BCUT2D eigenvalue weighted by atomic mass is 10.2. The van der Waals surface area contributed by atoms with Crippen molar-refractivity contribution in [2.75, 3.05) is 26.7 Å². The largest absolute Gasteiger partial charge is 0.496 e. The molecule has 1 heterocycles. The summed E-state index contributed by atoms with van der Waals surface area (Å²) in [4.78, 5) is 2.51. The van der Waals surface area contributed by atoms with Gasteiger partial charge in [0.25, 0.3) is 0 Å². The van der Waals surface area contributed by atoms with Crippen LogP contribution in [0.1, 0.15) is 25.3 Å². The van der Waals surface area contributed by atoms with E-state index in [4.69, 9.17) is 4.74 Å². The van der Waals surface area contributed by atoms with E-state index in [1.165, 1.54) is 24.9 Å². The molecule has 1 aromatic rings. The first-order valence-corrected chi connectivity index (χ1v) is 6.91. The second-order valence-electron chi connectivity index (χ2n) is 4.99. The number of ether oxygens (including phenoxy) is 1. The zero-order chi connectivity index (χ0) is 12.8. The Kier molecular flexibility index (Phi) is 5.02. The molecule has 0 saturated carbocycles. The number of nitrogens with zero attached hydrogens (tertiary/aromatic N) is 1. The van der Waals surface area contributed by atoms with Crippen LogP contribution < -0.4 is 10.1 Å². The molecular weight excluding hydrogens is 224 g/mol. The van der Waals surface area contributed by atoms with Crippen molar-refractivity contribution >= 4 is 0 Å². The highest BCUT2D eigenvalue weighted by Gasteiger charge is 2.22. The first-order valence-electron chi connectivity index (χ1n) is 6.91. The number of rotatable bonds is 6. The van der Waals surface area contributed by atoms with Gasteiger partial charge in [0.1, 0.15) is 5.75 Å². The average Bonchev–Trinajstić information content (AvgIpc) is 2.84. The molecule has 2 rings (SSSR count). The summed E-state index contributed by atoms with van der Waals surface area (Å²) in [5.74, 6) is 1.00. The molecule has 1 aliphatic rings. The third-order valence-corrected chi connectivity index (χ3v) is 3.54. The van der Waals surface area contributed by atoms with Gasteiger partial charge in [-0.15, -0.1) is 0 Å². The van der Waals surface area contributed by atoms with E-state index in [-0.39, 0.29) is 0 Å². The van der Waals surface area contributed by atoms with E-state index in [0.29, 0.717) is 6.04 Å². The maximum Gasteiger partial charge on any atom is 0.123 e. The van der Waals surface area contributed by atoms with Gasteiger partial charge in [-0.2, -0.15) is 0 Å². The SMILES string of the molecule is CCCNC1CCN(Cc2ccccc2OC)C1. The Morgan fingerprint density at radius 1 is 1.39 bits per heavy atom. The Bertz CT molecular complexity index is 367. The summed E-state index contributed by atoms with van der Waals surface area (Å²) in [6, 6.07) is 8.97. The van der Waals surface area contributed by atoms with Gasteiger partial charge in [-0.3, -0.25) is 4.90 Å². The molecule has 0 spiro atoms. The lowest BCUT2D eigenvalue weighted by Crippen LogP contribution is -2.32. The van der Waals surface area contributed by atoms with Crippen molar-refractivity contribution in [1.82, 2.24) is 10.2 Å². The molecule has 3 nitrogen and oxygen atoms in total. The van der Waals surface area contributed by atoms with Gasteiger partial charge in [-0.05, 0) is 25.5 Å². The normalized spacial score (nSPS) is 20.2. The van der Waals surface area contributed by atoms with E-state index in [9.17, 15) is 0 Å². The van der Waals surface area contributed by atoms with Crippen molar-refractivity contribution in [1.29, 1.82) is 0 Å². The molecule has 0 aliphatic carbocycles. The quantitative estimate of drug-likeness (QED) is 0.836. The minimum absolute atomic E-state index is 0.666. The Labute approximate surface area is 110 Å². The standard InChI is InChI=1S/C15H24N2O/c1-3-9-16-14-8-10-17(12-14)11-13-6-4-5-7-15(13)18-2/h4-7,14,16H,3,8-12H2,1-2H3. The molecule has 1 saturated heterocycles. The first-order chi connectivity index (χ1) is 8.83.